The third kappa shape index (κ3) is 2.10. The number of benzene rings is 1. The number of nitrogens with two attached hydrogens (primary N) is 1. The first-order chi connectivity index (χ1) is 9.16. The zero-order valence-electron chi connectivity index (χ0n) is 10.1. The van der Waals surface area contributed by atoms with Crippen LogP contribution in [0.15, 0.2) is 41.1 Å². The van der Waals surface area contributed by atoms with Gasteiger partial charge in [-0.05, 0) is 40.5 Å². The van der Waals surface area contributed by atoms with E-state index < -0.39 is 0 Å². The molecule has 0 aliphatic carbocycles. The maximum absolute atomic E-state index is 12.5. The van der Waals surface area contributed by atoms with Crippen LogP contribution >= 0.6 is 15.9 Å². The highest BCUT2D eigenvalue weighted by Gasteiger charge is 2.26. The van der Waals surface area contributed by atoms with E-state index in [1.807, 2.05) is 18.2 Å². The molecule has 5 heteroatoms. The summed E-state index contributed by atoms with van der Waals surface area (Å²) in [6.07, 6.45) is 4.04. The fourth-order valence-corrected chi connectivity index (χ4v) is 2.72. The third-order valence-corrected chi connectivity index (χ3v) is 3.69. The van der Waals surface area contributed by atoms with E-state index >= 15 is 0 Å². The molecule has 1 aliphatic rings. The second kappa shape index (κ2) is 4.66. The first-order valence-electron chi connectivity index (χ1n) is 5.96. The second-order valence-electron chi connectivity index (χ2n) is 4.44. The van der Waals surface area contributed by atoms with E-state index in [0.29, 0.717) is 12.1 Å². The van der Waals surface area contributed by atoms with Crippen molar-refractivity contribution in [2.75, 3.05) is 17.2 Å². The summed E-state index contributed by atoms with van der Waals surface area (Å²) in [5.74, 6) is -0.0434. The minimum absolute atomic E-state index is 0.0434. The Morgan fingerprint density at radius 1 is 1.37 bits per heavy atom. The van der Waals surface area contributed by atoms with E-state index in [9.17, 15) is 4.79 Å². The molecule has 0 saturated carbocycles. The van der Waals surface area contributed by atoms with E-state index in [0.717, 1.165) is 27.8 Å². The van der Waals surface area contributed by atoms with Crippen molar-refractivity contribution in [3.63, 3.8) is 0 Å². The summed E-state index contributed by atoms with van der Waals surface area (Å²) in [5, 5.41) is 0. The predicted octanol–water partition coefficient (Wildman–Crippen LogP) is 2.63. The Balaban J connectivity index is 1.98. The van der Waals surface area contributed by atoms with Crippen LogP contribution in [0, 0.1) is 0 Å². The first-order valence-corrected chi connectivity index (χ1v) is 6.76. The van der Waals surface area contributed by atoms with Crippen molar-refractivity contribution in [2.24, 2.45) is 0 Å². The average molecular weight is 318 g/mol. The number of halogens is 1. The fraction of sp³-hybridized carbons (Fsp3) is 0.143. The quantitative estimate of drug-likeness (QED) is 0.822. The van der Waals surface area contributed by atoms with Gasteiger partial charge in [-0.1, -0.05) is 6.07 Å². The molecule has 1 amide bonds. The number of aromatic nitrogens is 1. The van der Waals surface area contributed by atoms with E-state index in [4.69, 9.17) is 5.73 Å². The van der Waals surface area contributed by atoms with Crippen molar-refractivity contribution in [1.29, 1.82) is 0 Å². The van der Waals surface area contributed by atoms with Crippen molar-refractivity contribution in [2.45, 2.75) is 6.42 Å². The summed E-state index contributed by atoms with van der Waals surface area (Å²) in [4.78, 5) is 18.3. The Hall–Kier alpha value is -1.88. The van der Waals surface area contributed by atoms with Crippen LogP contribution in [0.25, 0.3) is 0 Å². The Morgan fingerprint density at radius 3 is 3.00 bits per heavy atom. The van der Waals surface area contributed by atoms with Crippen molar-refractivity contribution in [3.8, 4) is 0 Å². The van der Waals surface area contributed by atoms with Gasteiger partial charge in [0.2, 0.25) is 0 Å². The molecule has 1 aromatic carbocycles. The molecule has 19 heavy (non-hydrogen) atoms. The van der Waals surface area contributed by atoms with Crippen LogP contribution in [-0.2, 0) is 6.42 Å². The van der Waals surface area contributed by atoms with Crippen LogP contribution in [0.1, 0.15) is 15.9 Å². The smallest absolute Gasteiger partial charge is 0.259 e. The maximum atomic E-state index is 12.5. The molecule has 2 heterocycles. The van der Waals surface area contributed by atoms with Gasteiger partial charge >= 0.3 is 0 Å². The molecule has 1 aliphatic heterocycles. The largest absolute Gasteiger partial charge is 0.398 e. The SMILES string of the molecule is Nc1cccc2c1CCN2C(=O)c1cncc(Br)c1. The van der Waals surface area contributed by atoms with Gasteiger partial charge in [0.25, 0.3) is 5.91 Å². The van der Waals surface area contributed by atoms with Gasteiger partial charge in [-0.3, -0.25) is 9.78 Å². The molecule has 0 radical (unpaired) electrons. The van der Waals surface area contributed by atoms with Crippen LogP contribution in [-0.4, -0.2) is 17.4 Å². The number of carbonyl (C=O) groups excluding carboxylic acids is 1. The van der Waals surface area contributed by atoms with E-state index in [1.165, 1.54) is 0 Å². The van der Waals surface area contributed by atoms with Gasteiger partial charge in [0.15, 0.2) is 0 Å². The number of hydrogen-bond donors (Lipinski definition) is 1. The number of hydrogen-bond acceptors (Lipinski definition) is 3. The molecule has 0 atom stereocenters. The summed E-state index contributed by atoms with van der Waals surface area (Å²) in [7, 11) is 0. The normalized spacial score (nSPS) is 13.4. The number of anilines is 2. The number of fused-ring (bicyclic) bond motifs is 1. The number of amides is 1. The maximum Gasteiger partial charge on any atom is 0.259 e. The van der Waals surface area contributed by atoms with Crippen LogP contribution in [0.4, 0.5) is 11.4 Å². The Labute approximate surface area is 119 Å². The first kappa shape index (κ1) is 12.2. The lowest BCUT2D eigenvalue weighted by atomic mass is 10.1. The van der Waals surface area contributed by atoms with Gasteiger partial charge < -0.3 is 10.6 Å². The Kier molecular flexibility index (Phi) is 2.98. The van der Waals surface area contributed by atoms with Gasteiger partial charge in [0.05, 0.1) is 5.56 Å². The fourth-order valence-electron chi connectivity index (χ4n) is 2.36. The van der Waals surface area contributed by atoms with E-state index in [-0.39, 0.29) is 5.91 Å². The molecule has 2 N–H and O–H groups in total. The van der Waals surface area contributed by atoms with E-state index in [1.54, 1.807) is 23.4 Å². The van der Waals surface area contributed by atoms with E-state index in [2.05, 4.69) is 20.9 Å². The molecule has 96 valence electrons. The molecule has 0 bridgehead atoms. The summed E-state index contributed by atoms with van der Waals surface area (Å²) in [6.45, 7) is 0.662. The molecular formula is C14H12BrN3O. The van der Waals surface area contributed by atoms with Crippen molar-refractivity contribution in [3.05, 3.63) is 52.3 Å². The third-order valence-electron chi connectivity index (χ3n) is 3.26. The number of pyridine rings is 1. The highest BCUT2D eigenvalue weighted by Crippen LogP contribution is 2.33. The van der Waals surface area contributed by atoms with Crippen molar-refractivity contribution < 1.29 is 4.79 Å². The summed E-state index contributed by atoms with van der Waals surface area (Å²) in [6, 6.07) is 7.45. The van der Waals surface area contributed by atoms with Crippen molar-refractivity contribution in [1.82, 2.24) is 4.98 Å². The molecule has 1 aromatic heterocycles. The monoisotopic (exact) mass is 317 g/mol. The molecule has 3 rings (SSSR count). The Bertz CT molecular complexity index is 657. The molecule has 0 fully saturated rings. The average Bonchev–Trinajstić information content (AvgIpc) is 2.83. The highest BCUT2D eigenvalue weighted by molar-refractivity contribution is 9.10. The summed E-state index contributed by atoms with van der Waals surface area (Å²) >= 11 is 3.33. The van der Waals surface area contributed by atoms with Crippen molar-refractivity contribution >= 4 is 33.2 Å². The van der Waals surface area contributed by atoms with Crippen LogP contribution < -0.4 is 10.6 Å². The van der Waals surface area contributed by atoms with Gasteiger partial charge in [-0.2, -0.15) is 0 Å². The molecule has 4 nitrogen and oxygen atoms in total. The van der Waals surface area contributed by atoms with Gasteiger partial charge in [0.1, 0.15) is 0 Å². The number of nitrogens with zero attached hydrogens (tertiary/aromatic N) is 2. The highest BCUT2D eigenvalue weighted by atomic mass is 79.9. The topological polar surface area (TPSA) is 59.2 Å². The van der Waals surface area contributed by atoms with Gasteiger partial charge in [-0.15, -0.1) is 0 Å². The lowest BCUT2D eigenvalue weighted by Gasteiger charge is -2.17. The lowest BCUT2D eigenvalue weighted by molar-refractivity contribution is 0.0989. The van der Waals surface area contributed by atoms with Crippen LogP contribution in [0.5, 0.6) is 0 Å². The zero-order valence-corrected chi connectivity index (χ0v) is 11.7. The zero-order chi connectivity index (χ0) is 13.4. The minimum atomic E-state index is -0.0434. The number of nitrogen functional groups attached to an aromatic ring is 1. The van der Waals surface area contributed by atoms with Gasteiger partial charge in [0, 0.05) is 40.3 Å². The molecule has 0 unspecified atom stereocenters. The summed E-state index contributed by atoms with van der Waals surface area (Å²) < 4.78 is 0.797. The second-order valence-corrected chi connectivity index (χ2v) is 5.36. The molecule has 2 aromatic rings. The summed E-state index contributed by atoms with van der Waals surface area (Å²) in [5.41, 5.74) is 9.22. The molecule has 0 saturated heterocycles. The molecule has 0 spiro atoms. The standard InChI is InChI=1S/C14H12BrN3O/c15-10-6-9(7-17-8-10)14(19)18-5-4-11-12(16)2-1-3-13(11)18/h1-3,6-8H,4-5,16H2. The Morgan fingerprint density at radius 2 is 2.21 bits per heavy atom. The number of rotatable bonds is 1. The van der Waals surface area contributed by atoms with Crippen LogP contribution in [0.3, 0.4) is 0 Å². The minimum Gasteiger partial charge on any atom is -0.398 e. The van der Waals surface area contributed by atoms with Crippen LogP contribution in [0.2, 0.25) is 0 Å². The lowest BCUT2D eigenvalue weighted by Crippen LogP contribution is -2.28. The van der Waals surface area contributed by atoms with Gasteiger partial charge in [-0.25, -0.2) is 0 Å². The predicted molar refractivity (Wildman–Crippen MR) is 78.2 cm³/mol. The number of carbonyl (C=O) groups is 1. The molecular weight excluding hydrogens is 306 g/mol.